The van der Waals surface area contributed by atoms with Crippen molar-refractivity contribution in [2.45, 2.75) is 63.8 Å². The van der Waals surface area contributed by atoms with E-state index in [4.69, 9.17) is 14.4 Å². The highest BCUT2D eigenvalue weighted by Crippen LogP contribution is 2.31. The van der Waals surface area contributed by atoms with Gasteiger partial charge in [-0.15, -0.1) is 0 Å². The number of hydrogen-bond acceptors (Lipinski definition) is 8. The molecule has 1 saturated heterocycles. The molecule has 2 aromatic carbocycles. The number of benzene rings is 2. The summed E-state index contributed by atoms with van der Waals surface area (Å²) in [6, 6.07) is 8.42. The van der Waals surface area contributed by atoms with E-state index >= 15 is 0 Å². The molecule has 2 unspecified atom stereocenters. The second-order valence-electron chi connectivity index (χ2n) is 11.9. The summed E-state index contributed by atoms with van der Waals surface area (Å²) in [6.07, 6.45) is -0.553. The molecule has 3 heterocycles. The van der Waals surface area contributed by atoms with E-state index in [2.05, 4.69) is 10.6 Å². The van der Waals surface area contributed by atoms with Gasteiger partial charge in [0.1, 0.15) is 0 Å². The predicted molar refractivity (Wildman–Crippen MR) is 152 cm³/mol. The van der Waals surface area contributed by atoms with E-state index in [1.807, 2.05) is 27.7 Å². The van der Waals surface area contributed by atoms with E-state index in [-0.39, 0.29) is 37.1 Å². The first-order chi connectivity index (χ1) is 19.7. The molecule has 42 heavy (non-hydrogen) atoms. The number of rotatable bonds is 7. The summed E-state index contributed by atoms with van der Waals surface area (Å²) in [7, 11) is -2.35. The molecular formula is C28H33B2N3O9. The Balaban J connectivity index is 1.35. The summed E-state index contributed by atoms with van der Waals surface area (Å²) in [5.41, 5.74) is 1.62. The van der Waals surface area contributed by atoms with E-state index in [1.54, 1.807) is 36.4 Å². The Morgan fingerprint density at radius 3 is 1.64 bits per heavy atom. The van der Waals surface area contributed by atoms with Crippen LogP contribution in [-0.2, 0) is 30.1 Å². The molecule has 220 valence electrons. The minimum atomic E-state index is -1.18. The summed E-state index contributed by atoms with van der Waals surface area (Å²) in [5, 5.41) is 35.4. The quantitative estimate of drug-likeness (QED) is 0.264. The van der Waals surface area contributed by atoms with Crippen LogP contribution in [0.4, 0.5) is 0 Å². The minimum absolute atomic E-state index is 0.0593. The first-order valence-corrected chi connectivity index (χ1v) is 13.8. The molecule has 5 N–H and O–H groups in total. The van der Waals surface area contributed by atoms with Gasteiger partial charge in [0.05, 0.1) is 29.7 Å². The molecule has 3 amide bonds. The third-order valence-corrected chi connectivity index (χ3v) is 8.13. The van der Waals surface area contributed by atoms with Gasteiger partial charge in [0.15, 0.2) is 0 Å². The van der Waals surface area contributed by atoms with E-state index in [0.717, 1.165) is 11.1 Å². The number of carboxylic acids is 1. The molecule has 0 aromatic heterocycles. The molecule has 5 rings (SSSR count). The third kappa shape index (κ3) is 5.67. The maximum atomic E-state index is 13.3. The summed E-state index contributed by atoms with van der Waals surface area (Å²) in [4.78, 5) is 51.8. The van der Waals surface area contributed by atoms with E-state index in [0.29, 0.717) is 10.9 Å². The van der Waals surface area contributed by atoms with E-state index < -0.39 is 61.2 Å². The largest absolute Gasteiger partial charge is 0.492 e. The molecule has 0 bridgehead atoms. The van der Waals surface area contributed by atoms with Crippen LogP contribution in [0.3, 0.4) is 0 Å². The second kappa shape index (κ2) is 10.8. The summed E-state index contributed by atoms with van der Waals surface area (Å²) >= 11 is 0. The Labute approximate surface area is 243 Å². The van der Waals surface area contributed by atoms with Crippen molar-refractivity contribution in [3.05, 3.63) is 58.7 Å². The predicted octanol–water partition coefficient (Wildman–Crippen LogP) is -0.804. The standard InChI is InChI=1S/C28H33B2N3O9/c1-27(2)17-7-5-15(11-19(17)29(39)41-27)25(37)31-21-13-33(23(34)9-10-24(35)36)14-22(21)32-26(38)16-6-8-18-20(12-16)30(40)42-28(18,3)4/h5-8,11-12,21-22,39-40H,9-10,13-14H2,1-4H3,(H,31,37)(H,32,38)(H,35,36). The van der Waals surface area contributed by atoms with Gasteiger partial charge in [0.2, 0.25) is 5.91 Å². The molecule has 2 aromatic rings. The lowest BCUT2D eigenvalue weighted by atomic mass is 9.77. The zero-order valence-corrected chi connectivity index (χ0v) is 23.8. The summed E-state index contributed by atoms with van der Waals surface area (Å²) < 4.78 is 11.2. The maximum Gasteiger partial charge on any atom is 0.492 e. The minimum Gasteiger partial charge on any atom is -0.481 e. The van der Waals surface area contributed by atoms with Gasteiger partial charge in [-0.1, -0.05) is 12.1 Å². The van der Waals surface area contributed by atoms with Crippen molar-refractivity contribution in [2.24, 2.45) is 0 Å². The molecule has 0 spiro atoms. The first kappa shape index (κ1) is 29.8. The fourth-order valence-electron chi connectivity index (χ4n) is 5.90. The Hall–Kier alpha value is -3.71. The van der Waals surface area contributed by atoms with Crippen molar-refractivity contribution < 1.29 is 43.6 Å². The molecule has 14 heteroatoms. The molecule has 0 saturated carbocycles. The van der Waals surface area contributed by atoms with Crippen LogP contribution in [-0.4, -0.2) is 83.2 Å². The monoisotopic (exact) mass is 577 g/mol. The van der Waals surface area contributed by atoms with E-state index in [9.17, 15) is 29.2 Å². The number of nitrogens with one attached hydrogen (secondary N) is 2. The molecule has 0 aliphatic carbocycles. The number of likely N-dealkylation sites (tertiary alicyclic amines) is 1. The smallest absolute Gasteiger partial charge is 0.481 e. The fraction of sp³-hybridized carbons (Fsp3) is 0.429. The average Bonchev–Trinajstić information content (AvgIpc) is 3.50. The van der Waals surface area contributed by atoms with Crippen molar-refractivity contribution in [2.75, 3.05) is 13.1 Å². The normalized spacial score (nSPS) is 21.6. The number of amides is 3. The zero-order valence-electron chi connectivity index (χ0n) is 23.8. The maximum absolute atomic E-state index is 13.3. The lowest BCUT2D eigenvalue weighted by molar-refractivity contribution is -0.140. The number of hydrogen-bond donors (Lipinski definition) is 5. The highest BCUT2D eigenvalue weighted by Gasteiger charge is 2.43. The lowest BCUT2D eigenvalue weighted by Crippen LogP contribution is -2.51. The van der Waals surface area contributed by atoms with Gasteiger partial charge < -0.3 is 40.0 Å². The van der Waals surface area contributed by atoms with Gasteiger partial charge in [-0.05, 0) is 74.0 Å². The SMILES string of the molecule is CC1(C)OB(O)c2cc(C(=O)NC3CN(C(=O)CCC(=O)O)CC3NC(=O)c3ccc4c(c3)B(O)OC4(C)C)ccc21. The van der Waals surface area contributed by atoms with Crippen LogP contribution in [0.1, 0.15) is 72.4 Å². The van der Waals surface area contributed by atoms with Gasteiger partial charge in [-0.25, -0.2) is 0 Å². The van der Waals surface area contributed by atoms with Crippen LogP contribution in [0.25, 0.3) is 0 Å². The van der Waals surface area contributed by atoms with Crippen molar-refractivity contribution >= 4 is 48.9 Å². The van der Waals surface area contributed by atoms with Gasteiger partial charge in [0, 0.05) is 30.6 Å². The molecule has 3 aliphatic heterocycles. The number of aliphatic carboxylic acids is 1. The van der Waals surface area contributed by atoms with Crippen LogP contribution in [0.2, 0.25) is 0 Å². The van der Waals surface area contributed by atoms with Crippen LogP contribution < -0.4 is 21.6 Å². The fourth-order valence-corrected chi connectivity index (χ4v) is 5.90. The van der Waals surface area contributed by atoms with E-state index in [1.165, 1.54) is 4.90 Å². The highest BCUT2D eigenvalue weighted by molar-refractivity contribution is 6.62. The van der Waals surface area contributed by atoms with Gasteiger partial charge in [0.25, 0.3) is 11.8 Å². The molecule has 1 fully saturated rings. The molecule has 12 nitrogen and oxygen atoms in total. The number of nitrogens with zero attached hydrogens (tertiary/aromatic N) is 1. The number of fused-ring (bicyclic) bond motifs is 2. The van der Waals surface area contributed by atoms with Crippen LogP contribution in [0.5, 0.6) is 0 Å². The average molecular weight is 577 g/mol. The number of carbonyl (C=O) groups is 4. The van der Waals surface area contributed by atoms with Gasteiger partial charge in [-0.2, -0.15) is 0 Å². The Morgan fingerprint density at radius 1 is 0.810 bits per heavy atom. The second-order valence-corrected chi connectivity index (χ2v) is 11.9. The summed E-state index contributed by atoms with van der Waals surface area (Å²) in [6.45, 7) is 7.39. The summed E-state index contributed by atoms with van der Waals surface area (Å²) in [5.74, 6) is -2.46. The Morgan fingerprint density at radius 2 is 1.24 bits per heavy atom. The van der Waals surface area contributed by atoms with Crippen LogP contribution in [0, 0.1) is 0 Å². The molecule has 0 radical (unpaired) electrons. The van der Waals surface area contributed by atoms with Crippen molar-refractivity contribution in [1.82, 2.24) is 15.5 Å². The topological polar surface area (TPSA) is 175 Å². The van der Waals surface area contributed by atoms with Crippen molar-refractivity contribution in [3.63, 3.8) is 0 Å². The molecule has 3 aliphatic rings. The highest BCUT2D eigenvalue weighted by atomic mass is 16.5. The lowest BCUT2D eigenvalue weighted by Gasteiger charge is -2.22. The number of carbonyl (C=O) groups excluding carboxylic acids is 3. The van der Waals surface area contributed by atoms with Crippen molar-refractivity contribution in [1.29, 1.82) is 0 Å². The Bertz CT molecular complexity index is 1370. The zero-order chi connectivity index (χ0) is 30.6. The molecular weight excluding hydrogens is 544 g/mol. The molecule has 2 atom stereocenters. The Kier molecular flexibility index (Phi) is 7.69. The van der Waals surface area contributed by atoms with Crippen LogP contribution in [0.15, 0.2) is 36.4 Å². The van der Waals surface area contributed by atoms with Crippen molar-refractivity contribution in [3.8, 4) is 0 Å². The van der Waals surface area contributed by atoms with Crippen LogP contribution >= 0.6 is 0 Å². The number of carboxylic acid groups (broad SMARTS) is 1. The third-order valence-electron chi connectivity index (χ3n) is 8.13. The van der Waals surface area contributed by atoms with Gasteiger partial charge in [-0.3, -0.25) is 19.2 Å². The first-order valence-electron chi connectivity index (χ1n) is 13.8. The van der Waals surface area contributed by atoms with Gasteiger partial charge >= 0.3 is 20.2 Å².